The van der Waals surface area contributed by atoms with Gasteiger partial charge in [-0.2, -0.15) is 0 Å². The summed E-state index contributed by atoms with van der Waals surface area (Å²) >= 11 is 3.51. The number of anilines is 1. The van der Waals surface area contributed by atoms with E-state index in [4.69, 9.17) is 9.47 Å². The summed E-state index contributed by atoms with van der Waals surface area (Å²) in [5.74, 6) is 1.59. The van der Waals surface area contributed by atoms with Crippen LogP contribution in [-0.4, -0.2) is 29.4 Å². The normalized spacial score (nSPS) is 25.7. The minimum Gasteiger partial charge on any atom is -0.490 e. The molecule has 11 heteroatoms. The van der Waals surface area contributed by atoms with Gasteiger partial charge in [0.15, 0.2) is 11.5 Å². The van der Waals surface area contributed by atoms with Gasteiger partial charge in [-0.25, -0.2) is 9.69 Å². The molecule has 0 radical (unpaired) electrons. The number of benzene rings is 3. The number of nitro groups is 1. The van der Waals surface area contributed by atoms with Gasteiger partial charge in [0.1, 0.15) is 12.2 Å². The molecule has 4 amide bonds. The second kappa shape index (κ2) is 12.3. The smallest absolute Gasteiger partial charge is 0.335 e. The number of ether oxygens (including phenoxy) is 2. The highest BCUT2D eigenvalue weighted by Gasteiger charge is 2.51. The first-order valence-electron chi connectivity index (χ1n) is 16.0. The van der Waals surface area contributed by atoms with Gasteiger partial charge < -0.3 is 9.47 Å². The molecule has 3 aromatic carbocycles. The predicted molar refractivity (Wildman–Crippen MR) is 178 cm³/mol. The molecule has 4 bridgehead atoms. The minimum absolute atomic E-state index is 0.0409. The van der Waals surface area contributed by atoms with Gasteiger partial charge in [0, 0.05) is 16.6 Å². The molecule has 1 N–H and O–H groups in total. The summed E-state index contributed by atoms with van der Waals surface area (Å²) in [6.07, 6.45) is 9.09. The van der Waals surface area contributed by atoms with Gasteiger partial charge in [0.25, 0.3) is 17.5 Å². The molecule has 4 aliphatic carbocycles. The molecular weight excluding hydrogens is 666 g/mol. The van der Waals surface area contributed by atoms with Crippen LogP contribution in [-0.2, 0) is 21.6 Å². The molecule has 5 fully saturated rings. The van der Waals surface area contributed by atoms with Crippen molar-refractivity contribution in [2.24, 2.45) is 17.8 Å². The maximum atomic E-state index is 13.7. The largest absolute Gasteiger partial charge is 0.490 e. The Balaban J connectivity index is 1.13. The molecule has 0 atom stereocenters. The lowest BCUT2D eigenvalue weighted by molar-refractivity contribution is -0.384. The molecule has 10 nitrogen and oxygen atoms in total. The van der Waals surface area contributed by atoms with Crippen LogP contribution in [0.3, 0.4) is 0 Å². The van der Waals surface area contributed by atoms with Crippen LogP contribution in [0.5, 0.6) is 11.5 Å². The number of halogens is 1. The molecule has 47 heavy (non-hydrogen) atoms. The lowest BCUT2D eigenvalue weighted by Gasteiger charge is -2.57. The number of imide groups is 2. The molecule has 3 aromatic rings. The van der Waals surface area contributed by atoms with E-state index in [-0.39, 0.29) is 23.3 Å². The second-order valence-electron chi connectivity index (χ2n) is 13.2. The second-order valence-corrected chi connectivity index (χ2v) is 14.0. The summed E-state index contributed by atoms with van der Waals surface area (Å²) in [6.45, 7) is 2.17. The van der Waals surface area contributed by atoms with Crippen LogP contribution in [0.1, 0.15) is 62.1 Å². The van der Waals surface area contributed by atoms with Crippen LogP contribution in [0.2, 0.25) is 0 Å². The highest BCUT2D eigenvalue weighted by molar-refractivity contribution is 9.10. The maximum Gasteiger partial charge on any atom is 0.335 e. The van der Waals surface area contributed by atoms with E-state index in [1.165, 1.54) is 62.3 Å². The number of non-ortho nitro benzene ring substituents is 1. The Labute approximate surface area is 280 Å². The number of rotatable bonds is 9. The first kappa shape index (κ1) is 31.1. The maximum absolute atomic E-state index is 13.7. The first-order valence-corrected chi connectivity index (χ1v) is 16.8. The van der Waals surface area contributed by atoms with Gasteiger partial charge in [0.05, 0.1) is 17.2 Å². The molecule has 0 unspecified atom stereocenters. The zero-order valence-corrected chi connectivity index (χ0v) is 27.5. The summed E-state index contributed by atoms with van der Waals surface area (Å²) < 4.78 is 12.3. The summed E-state index contributed by atoms with van der Waals surface area (Å²) in [4.78, 5) is 51.4. The van der Waals surface area contributed by atoms with Crippen molar-refractivity contribution < 1.29 is 28.8 Å². The molecule has 4 saturated carbocycles. The van der Waals surface area contributed by atoms with Gasteiger partial charge >= 0.3 is 6.03 Å². The van der Waals surface area contributed by atoms with Gasteiger partial charge in [-0.3, -0.25) is 25.0 Å². The topological polar surface area (TPSA) is 128 Å². The van der Waals surface area contributed by atoms with Gasteiger partial charge in [0.2, 0.25) is 0 Å². The Bertz CT molecular complexity index is 1780. The Hall–Kier alpha value is -4.51. The number of hydrogen-bond donors (Lipinski definition) is 1. The zero-order valence-electron chi connectivity index (χ0n) is 25.9. The van der Waals surface area contributed by atoms with Crippen molar-refractivity contribution in [3.8, 4) is 11.5 Å². The molecule has 0 aromatic heterocycles. The van der Waals surface area contributed by atoms with E-state index < -0.39 is 22.8 Å². The van der Waals surface area contributed by atoms with E-state index in [0.29, 0.717) is 39.4 Å². The van der Waals surface area contributed by atoms with Crippen LogP contribution in [0.15, 0.2) is 70.7 Å². The van der Waals surface area contributed by atoms with Crippen molar-refractivity contribution >= 4 is 51.2 Å². The van der Waals surface area contributed by atoms with E-state index in [1.54, 1.807) is 31.2 Å². The van der Waals surface area contributed by atoms with E-state index in [0.717, 1.165) is 22.7 Å². The average molecular weight is 701 g/mol. The van der Waals surface area contributed by atoms with Crippen molar-refractivity contribution in [3.05, 3.63) is 97.5 Å². The number of carbonyl (C=O) groups is 3. The SMILES string of the molecule is CCOc1cc(/C=C2\C(=O)NC(=O)N(c3ccc(C45CC6CC(CC(C6)C4)C5)cc3)C2=O)c(Br)cc1OCc1cccc([N+](=O)[O-])c1. The average Bonchev–Trinajstić information content (AvgIpc) is 3.03. The molecule has 1 aliphatic heterocycles. The van der Waals surface area contributed by atoms with Crippen LogP contribution < -0.4 is 19.7 Å². The number of nitrogens with one attached hydrogen (secondary N) is 1. The fraction of sp³-hybridized carbons (Fsp3) is 0.361. The van der Waals surface area contributed by atoms with E-state index >= 15 is 0 Å². The number of amides is 4. The van der Waals surface area contributed by atoms with Gasteiger partial charge in [-0.05, 0) is 116 Å². The first-order chi connectivity index (χ1) is 22.6. The quantitative estimate of drug-likeness (QED) is 0.106. The minimum atomic E-state index is -0.794. The summed E-state index contributed by atoms with van der Waals surface area (Å²) in [5.41, 5.74) is 2.67. The van der Waals surface area contributed by atoms with Crippen molar-refractivity contribution in [1.82, 2.24) is 5.32 Å². The van der Waals surface area contributed by atoms with Crippen molar-refractivity contribution in [1.29, 1.82) is 0 Å². The van der Waals surface area contributed by atoms with Crippen molar-refractivity contribution in [3.63, 3.8) is 0 Å². The van der Waals surface area contributed by atoms with Gasteiger partial charge in [-0.15, -0.1) is 0 Å². The number of hydrogen-bond acceptors (Lipinski definition) is 7. The third kappa shape index (κ3) is 5.93. The molecule has 8 rings (SSSR count). The molecule has 1 saturated heterocycles. The zero-order chi connectivity index (χ0) is 32.9. The lowest BCUT2D eigenvalue weighted by atomic mass is 9.48. The fourth-order valence-electron chi connectivity index (χ4n) is 8.44. The Morgan fingerprint density at radius 3 is 2.26 bits per heavy atom. The molecular formula is C36H34BrN3O7. The summed E-state index contributed by atoms with van der Waals surface area (Å²) in [7, 11) is 0. The van der Waals surface area contributed by atoms with E-state index in [2.05, 4.69) is 33.4 Å². The number of barbiturate groups is 1. The lowest BCUT2D eigenvalue weighted by Crippen LogP contribution is -2.54. The van der Waals surface area contributed by atoms with E-state index in [1.807, 2.05) is 12.1 Å². The Morgan fingerprint density at radius 1 is 0.957 bits per heavy atom. The molecule has 5 aliphatic rings. The van der Waals surface area contributed by atoms with Crippen LogP contribution >= 0.6 is 15.9 Å². The molecule has 0 spiro atoms. The highest BCUT2D eigenvalue weighted by Crippen LogP contribution is 2.60. The molecule has 1 heterocycles. The number of nitrogens with zero attached hydrogens (tertiary/aromatic N) is 2. The van der Waals surface area contributed by atoms with Crippen molar-refractivity contribution in [2.45, 2.75) is 57.5 Å². The Kier molecular flexibility index (Phi) is 8.11. The molecule has 242 valence electrons. The predicted octanol–water partition coefficient (Wildman–Crippen LogP) is 7.47. The third-order valence-corrected chi connectivity index (χ3v) is 10.7. The number of nitro benzene ring substituents is 1. The number of carbonyl (C=O) groups excluding carboxylic acids is 3. The fourth-order valence-corrected chi connectivity index (χ4v) is 8.88. The Morgan fingerprint density at radius 2 is 1.62 bits per heavy atom. The van der Waals surface area contributed by atoms with Crippen molar-refractivity contribution in [2.75, 3.05) is 11.5 Å². The summed E-state index contributed by atoms with van der Waals surface area (Å²) in [6, 6.07) is 16.4. The highest BCUT2D eigenvalue weighted by atomic mass is 79.9. The van der Waals surface area contributed by atoms with Crippen LogP contribution in [0.4, 0.5) is 16.2 Å². The third-order valence-electron chi connectivity index (χ3n) is 10.1. The van der Waals surface area contributed by atoms with Gasteiger partial charge in [-0.1, -0.05) is 40.2 Å². The van der Waals surface area contributed by atoms with E-state index in [9.17, 15) is 24.5 Å². The number of urea groups is 1. The monoisotopic (exact) mass is 699 g/mol. The summed E-state index contributed by atoms with van der Waals surface area (Å²) in [5, 5.41) is 13.5. The van der Waals surface area contributed by atoms with Crippen LogP contribution in [0.25, 0.3) is 6.08 Å². The van der Waals surface area contributed by atoms with Crippen LogP contribution in [0, 0.1) is 27.9 Å². The standard InChI is InChI=1S/C36H34BrN3O7/c1-2-46-31-15-25(30(37)16-32(31)47-20-21-4-3-5-28(13-21)40(44)45)14-29-33(41)38-35(43)39(34(29)42)27-8-6-26(7-9-27)36-17-22-10-23(18-36)12-24(11-22)19-36/h3-9,13-16,22-24H,2,10-12,17-20H2,1H3,(H,38,41,43)/b29-14+.